The van der Waals surface area contributed by atoms with Crippen molar-refractivity contribution in [1.29, 1.82) is 0 Å². The van der Waals surface area contributed by atoms with Crippen molar-refractivity contribution >= 4 is 11.9 Å². The summed E-state index contributed by atoms with van der Waals surface area (Å²) in [5, 5.41) is 20.7. The summed E-state index contributed by atoms with van der Waals surface area (Å²) in [7, 11) is 5.64. The number of carbonyl (C=O) groups excluding carboxylic acids is 2. The van der Waals surface area contributed by atoms with E-state index in [0.29, 0.717) is 17.4 Å². The predicted molar refractivity (Wildman–Crippen MR) is 95.4 cm³/mol. The first-order chi connectivity index (χ1) is 11.6. The van der Waals surface area contributed by atoms with Crippen molar-refractivity contribution in [2.75, 3.05) is 27.7 Å². The van der Waals surface area contributed by atoms with Crippen molar-refractivity contribution in [3.63, 3.8) is 0 Å². The molecule has 0 saturated heterocycles. The van der Waals surface area contributed by atoms with E-state index in [0.717, 1.165) is 19.3 Å². The van der Waals surface area contributed by atoms with E-state index in [-0.39, 0.29) is 12.8 Å². The number of hydrogen-bond donors (Lipinski definition) is 1. The molecule has 1 N–H and O–H groups in total. The molecule has 0 bridgehead atoms. The number of aliphatic carboxylic acids is 1. The Morgan fingerprint density at radius 3 is 2.36 bits per heavy atom. The van der Waals surface area contributed by atoms with Gasteiger partial charge < -0.3 is 24.2 Å². The minimum Gasteiger partial charge on any atom is -0.550 e. The lowest BCUT2D eigenvalue weighted by Crippen LogP contribution is -2.45. The lowest BCUT2D eigenvalue weighted by molar-refractivity contribution is -0.873. The van der Waals surface area contributed by atoms with Crippen LogP contribution in [-0.4, -0.2) is 61.4 Å². The average molecular weight is 355 g/mol. The van der Waals surface area contributed by atoms with Gasteiger partial charge in [-0.15, -0.1) is 0 Å². The molecule has 2 unspecified atom stereocenters. The van der Waals surface area contributed by atoms with Crippen molar-refractivity contribution in [2.45, 2.75) is 57.7 Å². The quantitative estimate of drug-likeness (QED) is 0.232. The highest BCUT2D eigenvalue weighted by Crippen LogP contribution is 2.08. The molecule has 0 aliphatic carbocycles. The molecule has 0 aliphatic heterocycles. The van der Waals surface area contributed by atoms with Gasteiger partial charge in [0.15, 0.2) is 6.10 Å². The molecule has 0 heterocycles. The number of likely N-dealkylation sites (N-methyl/N-ethyl adjacent to an activating group) is 1. The van der Waals surface area contributed by atoms with Crippen molar-refractivity contribution in [2.24, 2.45) is 0 Å². The van der Waals surface area contributed by atoms with Crippen LogP contribution >= 0.6 is 0 Å². The highest BCUT2D eigenvalue weighted by Gasteiger charge is 2.23. The van der Waals surface area contributed by atoms with Gasteiger partial charge in [-0.1, -0.05) is 44.1 Å². The molecule has 25 heavy (non-hydrogen) atoms. The Bertz CT molecular complexity index is 451. The highest BCUT2D eigenvalue weighted by molar-refractivity contribution is 5.71. The van der Waals surface area contributed by atoms with Gasteiger partial charge in [0, 0.05) is 12.4 Å². The third-order valence-electron chi connectivity index (χ3n) is 3.36. The lowest BCUT2D eigenvalue weighted by atomic mass is 10.1. The molecule has 0 spiro atoms. The standard InChI is InChI=1S/C19H33NO5/c1-5-6-7-8-9-10-11-12-16(21)13-19(24)25-17(14-18(22)23)15-20(2,3)4/h8-11,16-17,21H,5-7,12-15H2,1-4H3/b9-8+,11-10+. The van der Waals surface area contributed by atoms with E-state index in [2.05, 4.69) is 13.0 Å². The number of carbonyl (C=O) groups is 2. The fourth-order valence-electron chi connectivity index (χ4n) is 2.26. The van der Waals surface area contributed by atoms with Gasteiger partial charge in [-0.2, -0.15) is 0 Å². The second-order valence-corrected chi connectivity index (χ2v) is 7.25. The fraction of sp³-hybridized carbons (Fsp3) is 0.684. The van der Waals surface area contributed by atoms with E-state index in [1.165, 1.54) is 0 Å². The van der Waals surface area contributed by atoms with Crippen LogP contribution < -0.4 is 5.11 Å². The smallest absolute Gasteiger partial charge is 0.308 e. The van der Waals surface area contributed by atoms with Gasteiger partial charge in [-0.3, -0.25) is 4.79 Å². The number of carboxylic acids is 1. The van der Waals surface area contributed by atoms with Crippen molar-refractivity contribution in [3.8, 4) is 0 Å². The maximum atomic E-state index is 11.9. The maximum absolute atomic E-state index is 11.9. The molecule has 6 nitrogen and oxygen atoms in total. The zero-order chi connectivity index (χ0) is 19.3. The van der Waals surface area contributed by atoms with Crippen LogP contribution in [-0.2, 0) is 14.3 Å². The summed E-state index contributed by atoms with van der Waals surface area (Å²) in [6, 6.07) is 0. The van der Waals surface area contributed by atoms with Gasteiger partial charge in [0.1, 0.15) is 6.54 Å². The van der Waals surface area contributed by atoms with E-state index in [9.17, 15) is 19.8 Å². The number of aliphatic hydroxyl groups is 1. The number of aliphatic hydroxyl groups excluding tert-OH is 1. The second kappa shape index (κ2) is 12.7. The van der Waals surface area contributed by atoms with Crippen LogP contribution in [0.5, 0.6) is 0 Å². The Morgan fingerprint density at radius 1 is 1.16 bits per heavy atom. The number of carboxylic acid groups (broad SMARTS) is 1. The number of quaternary nitrogens is 1. The van der Waals surface area contributed by atoms with E-state index in [1.54, 1.807) is 6.08 Å². The van der Waals surface area contributed by atoms with Crippen molar-refractivity contribution in [3.05, 3.63) is 24.3 Å². The number of esters is 1. The summed E-state index contributed by atoms with van der Waals surface area (Å²) >= 11 is 0. The molecule has 0 aromatic carbocycles. The summed E-state index contributed by atoms with van der Waals surface area (Å²) in [6.07, 6.45) is 9.20. The largest absolute Gasteiger partial charge is 0.550 e. The Balaban J connectivity index is 4.28. The normalized spacial score (nSPS) is 14.8. The molecule has 0 fully saturated rings. The predicted octanol–water partition coefficient (Wildman–Crippen LogP) is 1.19. The monoisotopic (exact) mass is 355 g/mol. The highest BCUT2D eigenvalue weighted by atomic mass is 16.5. The molecule has 0 aliphatic rings. The Hall–Kier alpha value is -1.66. The number of ether oxygens (including phenoxy) is 1. The molecular formula is C19H33NO5. The van der Waals surface area contributed by atoms with Crippen molar-refractivity contribution < 1.29 is 29.0 Å². The third kappa shape index (κ3) is 15.6. The molecule has 0 saturated carbocycles. The summed E-state index contributed by atoms with van der Waals surface area (Å²) in [6.45, 7) is 2.50. The van der Waals surface area contributed by atoms with Gasteiger partial charge in [0.2, 0.25) is 0 Å². The Labute approximate surface area is 151 Å². The number of nitrogens with zero attached hydrogens (tertiary/aromatic N) is 1. The van der Waals surface area contributed by atoms with Gasteiger partial charge in [-0.05, 0) is 12.8 Å². The summed E-state index contributed by atoms with van der Waals surface area (Å²) in [4.78, 5) is 22.7. The number of hydrogen-bond acceptors (Lipinski definition) is 5. The van der Waals surface area contributed by atoms with Crippen LogP contribution in [0.2, 0.25) is 0 Å². The van der Waals surface area contributed by atoms with Gasteiger partial charge in [0.05, 0.1) is 33.7 Å². The second-order valence-electron chi connectivity index (χ2n) is 7.25. The molecule has 144 valence electrons. The van der Waals surface area contributed by atoms with Crippen LogP contribution in [0.15, 0.2) is 24.3 Å². The minimum absolute atomic E-state index is 0.162. The SMILES string of the molecule is CCCC/C=C/C=C/CC(O)CC(=O)OC(CC(=O)[O-])C[N+](C)(C)C. The van der Waals surface area contributed by atoms with Crippen LogP contribution in [0.25, 0.3) is 0 Å². The van der Waals surface area contributed by atoms with E-state index >= 15 is 0 Å². The molecular weight excluding hydrogens is 322 g/mol. The van der Waals surface area contributed by atoms with Crippen LogP contribution in [0.1, 0.15) is 45.4 Å². The topological polar surface area (TPSA) is 86.7 Å². The summed E-state index contributed by atoms with van der Waals surface area (Å²) in [5.41, 5.74) is 0. The Morgan fingerprint density at radius 2 is 1.80 bits per heavy atom. The average Bonchev–Trinajstić information content (AvgIpc) is 2.43. The molecule has 2 atom stereocenters. The lowest BCUT2D eigenvalue weighted by Gasteiger charge is -2.29. The third-order valence-corrected chi connectivity index (χ3v) is 3.36. The van der Waals surface area contributed by atoms with E-state index in [4.69, 9.17) is 4.74 Å². The molecule has 0 radical (unpaired) electrons. The molecule has 0 aromatic rings. The number of allylic oxidation sites excluding steroid dienone is 3. The zero-order valence-electron chi connectivity index (χ0n) is 15.9. The summed E-state index contributed by atoms with van der Waals surface area (Å²) in [5.74, 6) is -1.86. The minimum atomic E-state index is -1.26. The summed E-state index contributed by atoms with van der Waals surface area (Å²) < 4.78 is 5.67. The van der Waals surface area contributed by atoms with Crippen LogP contribution in [0, 0.1) is 0 Å². The molecule has 0 rings (SSSR count). The van der Waals surface area contributed by atoms with Crippen LogP contribution in [0.3, 0.4) is 0 Å². The number of unbranched alkanes of at least 4 members (excludes halogenated alkanes) is 2. The van der Waals surface area contributed by atoms with E-state index in [1.807, 2.05) is 33.3 Å². The first-order valence-corrected chi connectivity index (χ1v) is 8.83. The maximum Gasteiger partial charge on any atom is 0.308 e. The Kier molecular flexibility index (Phi) is 11.8. The first kappa shape index (κ1) is 23.3. The first-order valence-electron chi connectivity index (χ1n) is 8.83. The van der Waals surface area contributed by atoms with Crippen LogP contribution in [0.4, 0.5) is 0 Å². The van der Waals surface area contributed by atoms with Gasteiger partial charge in [-0.25, -0.2) is 0 Å². The van der Waals surface area contributed by atoms with Gasteiger partial charge >= 0.3 is 5.97 Å². The number of rotatable bonds is 13. The molecule has 6 heteroatoms. The van der Waals surface area contributed by atoms with Crippen molar-refractivity contribution in [1.82, 2.24) is 0 Å². The fourth-order valence-corrected chi connectivity index (χ4v) is 2.26. The molecule has 0 amide bonds. The van der Waals surface area contributed by atoms with E-state index < -0.39 is 24.1 Å². The van der Waals surface area contributed by atoms with Gasteiger partial charge in [0.25, 0.3) is 0 Å². The zero-order valence-corrected chi connectivity index (χ0v) is 15.9. The molecule has 0 aromatic heterocycles.